The fraction of sp³-hybridized carbons (Fsp3) is 0.458. The minimum absolute atomic E-state index is 0.104. The molecule has 1 saturated heterocycles. The number of fused-ring (bicyclic) bond motifs is 2. The van der Waals surface area contributed by atoms with Gasteiger partial charge >= 0.3 is 5.97 Å². The summed E-state index contributed by atoms with van der Waals surface area (Å²) >= 11 is 0. The van der Waals surface area contributed by atoms with Gasteiger partial charge in [0.2, 0.25) is 6.29 Å². The monoisotopic (exact) mass is 378 g/mol. The van der Waals surface area contributed by atoms with Gasteiger partial charge in [0.05, 0.1) is 11.5 Å². The van der Waals surface area contributed by atoms with Gasteiger partial charge in [-0.05, 0) is 61.4 Å². The van der Waals surface area contributed by atoms with Gasteiger partial charge in [0.15, 0.2) is 0 Å². The molecule has 2 fully saturated rings. The maximum absolute atomic E-state index is 12.4. The van der Waals surface area contributed by atoms with E-state index in [-0.39, 0.29) is 23.7 Å². The lowest BCUT2D eigenvalue weighted by Gasteiger charge is -2.43. The summed E-state index contributed by atoms with van der Waals surface area (Å²) in [7, 11) is 0. The number of cyclic esters (lactones) is 1. The minimum Gasteiger partial charge on any atom is -0.454 e. The molecule has 4 nitrogen and oxygen atoms in total. The molecule has 0 amide bonds. The van der Waals surface area contributed by atoms with Gasteiger partial charge in [-0.3, -0.25) is 4.79 Å². The quantitative estimate of drug-likeness (QED) is 0.626. The van der Waals surface area contributed by atoms with Crippen LogP contribution in [0.25, 0.3) is 10.8 Å². The Kier molecular flexibility index (Phi) is 4.39. The van der Waals surface area contributed by atoms with E-state index in [0.717, 1.165) is 30.0 Å². The normalized spacial score (nSPS) is 34.8. The molecule has 0 aromatic heterocycles. The number of hydrogen-bond acceptors (Lipinski definition) is 4. The number of carbonyl (C=O) groups is 1. The van der Waals surface area contributed by atoms with Crippen molar-refractivity contribution in [2.45, 2.75) is 50.4 Å². The van der Waals surface area contributed by atoms with E-state index < -0.39 is 11.9 Å². The lowest BCUT2D eigenvalue weighted by Crippen LogP contribution is -2.47. The summed E-state index contributed by atoms with van der Waals surface area (Å²) in [6, 6.07) is 14.0. The first-order valence-corrected chi connectivity index (χ1v) is 10.4. The summed E-state index contributed by atoms with van der Waals surface area (Å²) in [6.45, 7) is 0. The van der Waals surface area contributed by atoms with Crippen molar-refractivity contribution in [2.75, 3.05) is 0 Å². The summed E-state index contributed by atoms with van der Waals surface area (Å²) < 4.78 is 11.7. The molecule has 0 radical (unpaired) electrons. The molecule has 2 aliphatic carbocycles. The molecule has 5 rings (SSSR count). The number of benzene rings is 2. The van der Waals surface area contributed by atoms with E-state index in [1.165, 1.54) is 0 Å². The third-order valence-corrected chi connectivity index (χ3v) is 6.80. The van der Waals surface area contributed by atoms with Crippen molar-refractivity contribution in [3.05, 3.63) is 54.6 Å². The highest BCUT2D eigenvalue weighted by Gasteiger charge is 2.54. The van der Waals surface area contributed by atoms with Gasteiger partial charge < -0.3 is 14.6 Å². The van der Waals surface area contributed by atoms with E-state index in [4.69, 9.17) is 9.47 Å². The third-order valence-electron chi connectivity index (χ3n) is 6.80. The molecular weight excluding hydrogens is 352 g/mol. The molecule has 146 valence electrons. The van der Waals surface area contributed by atoms with Crippen LogP contribution in [0.4, 0.5) is 0 Å². The molecule has 0 spiro atoms. The zero-order valence-corrected chi connectivity index (χ0v) is 15.9. The fourth-order valence-electron chi connectivity index (χ4n) is 5.22. The Labute approximate surface area is 165 Å². The molecular formula is C24H26O4. The molecule has 1 saturated carbocycles. The Bertz CT molecular complexity index is 920. The second-order valence-corrected chi connectivity index (χ2v) is 8.51. The first-order chi connectivity index (χ1) is 13.6. The number of esters is 1. The molecule has 2 aromatic carbocycles. The highest BCUT2D eigenvalue weighted by Crippen LogP contribution is 2.48. The van der Waals surface area contributed by atoms with Crippen molar-refractivity contribution in [2.24, 2.45) is 17.8 Å². The van der Waals surface area contributed by atoms with Crippen LogP contribution in [0.5, 0.6) is 5.75 Å². The van der Waals surface area contributed by atoms with E-state index in [1.807, 2.05) is 36.4 Å². The van der Waals surface area contributed by atoms with Gasteiger partial charge in [0.1, 0.15) is 5.75 Å². The molecule has 5 atom stereocenters. The number of ether oxygens (including phenoxy) is 2. The highest BCUT2D eigenvalue weighted by molar-refractivity contribution is 5.83. The Hall–Kier alpha value is -2.33. The number of rotatable bonds is 3. The Morgan fingerprint density at radius 1 is 1.11 bits per heavy atom. The first kappa shape index (κ1) is 17.7. The average molecular weight is 378 g/mol. The van der Waals surface area contributed by atoms with Gasteiger partial charge in [-0.25, -0.2) is 0 Å². The van der Waals surface area contributed by atoms with E-state index >= 15 is 0 Å². The summed E-state index contributed by atoms with van der Waals surface area (Å²) in [5.74, 6) is 0.409. The van der Waals surface area contributed by atoms with Crippen LogP contribution in [-0.4, -0.2) is 23.0 Å². The highest BCUT2D eigenvalue weighted by atomic mass is 16.7. The standard InChI is InChI=1S/C24H26O4/c25-22-20-12-13-24(26,18-8-2-1-3-9-18)15-21(20)23(28-22)27-19-11-10-16-6-4-5-7-17(16)14-19/h2,4-8,10-11,14,18,20-21,23,26H,1,3,9,12-13,15H2/t18?,20-,21+,23+,24-/m0/s1. The first-order valence-electron chi connectivity index (χ1n) is 10.4. The van der Waals surface area contributed by atoms with Crippen molar-refractivity contribution in [3.63, 3.8) is 0 Å². The molecule has 3 aliphatic rings. The van der Waals surface area contributed by atoms with E-state index in [0.29, 0.717) is 25.0 Å². The molecule has 1 unspecified atom stereocenters. The van der Waals surface area contributed by atoms with Crippen LogP contribution in [0.1, 0.15) is 38.5 Å². The molecule has 1 N–H and O–H groups in total. The number of allylic oxidation sites excluding steroid dienone is 1. The predicted molar refractivity (Wildman–Crippen MR) is 107 cm³/mol. The second-order valence-electron chi connectivity index (χ2n) is 8.51. The third kappa shape index (κ3) is 3.10. The zero-order chi connectivity index (χ0) is 19.1. The zero-order valence-electron chi connectivity index (χ0n) is 15.9. The van der Waals surface area contributed by atoms with E-state index in [9.17, 15) is 9.90 Å². The van der Waals surface area contributed by atoms with Crippen LogP contribution < -0.4 is 4.74 Å². The number of hydrogen-bond donors (Lipinski definition) is 1. The maximum Gasteiger partial charge on any atom is 0.312 e. The predicted octanol–water partition coefficient (Wildman–Crippen LogP) is 4.61. The fourth-order valence-corrected chi connectivity index (χ4v) is 5.22. The van der Waals surface area contributed by atoms with Gasteiger partial charge in [-0.2, -0.15) is 0 Å². The SMILES string of the molecule is O=C1O[C@@H](Oc2ccc3ccccc3c2)[C@@H]2C[C@](O)(C3C=CCCC3)CC[C@H]12. The van der Waals surface area contributed by atoms with Gasteiger partial charge in [0, 0.05) is 11.8 Å². The van der Waals surface area contributed by atoms with Gasteiger partial charge in [-0.1, -0.05) is 42.5 Å². The second kappa shape index (κ2) is 6.93. The topological polar surface area (TPSA) is 55.8 Å². The smallest absolute Gasteiger partial charge is 0.312 e. The van der Waals surface area contributed by atoms with Crippen molar-refractivity contribution in [1.29, 1.82) is 0 Å². The lowest BCUT2D eigenvalue weighted by molar-refractivity contribution is -0.154. The summed E-state index contributed by atoms with van der Waals surface area (Å²) in [4.78, 5) is 12.4. The van der Waals surface area contributed by atoms with Crippen molar-refractivity contribution in [1.82, 2.24) is 0 Å². The van der Waals surface area contributed by atoms with Crippen molar-refractivity contribution in [3.8, 4) is 5.75 Å². The van der Waals surface area contributed by atoms with Crippen LogP contribution in [-0.2, 0) is 9.53 Å². The Balaban J connectivity index is 1.38. The van der Waals surface area contributed by atoms with E-state index in [2.05, 4.69) is 18.2 Å². The van der Waals surface area contributed by atoms with Crippen molar-refractivity contribution >= 4 is 16.7 Å². The largest absolute Gasteiger partial charge is 0.454 e. The summed E-state index contributed by atoms with van der Waals surface area (Å²) in [6.07, 6.45) is 8.81. The minimum atomic E-state index is -0.767. The molecule has 1 heterocycles. The average Bonchev–Trinajstić information content (AvgIpc) is 3.03. The van der Waals surface area contributed by atoms with E-state index in [1.54, 1.807) is 0 Å². The lowest BCUT2D eigenvalue weighted by atomic mass is 9.65. The summed E-state index contributed by atoms with van der Waals surface area (Å²) in [5.41, 5.74) is -0.767. The Morgan fingerprint density at radius 3 is 2.79 bits per heavy atom. The van der Waals surface area contributed by atoms with Crippen LogP contribution >= 0.6 is 0 Å². The van der Waals surface area contributed by atoms with Crippen LogP contribution in [0, 0.1) is 17.8 Å². The number of carbonyl (C=O) groups excluding carboxylic acids is 1. The Morgan fingerprint density at radius 2 is 1.96 bits per heavy atom. The van der Waals surface area contributed by atoms with Crippen LogP contribution in [0.2, 0.25) is 0 Å². The molecule has 4 heteroatoms. The van der Waals surface area contributed by atoms with Crippen LogP contribution in [0.15, 0.2) is 54.6 Å². The molecule has 28 heavy (non-hydrogen) atoms. The van der Waals surface area contributed by atoms with Crippen LogP contribution in [0.3, 0.4) is 0 Å². The van der Waals surface area contributed by atoms with Gasteiger partial charge in [-0.15, -0.1) is 0 Å². The number of aliphatic hydroxyl groups is 1. The van der Waals surface area contributed by atoms with Gasteiger partial charge in [0.25, 0.3) is 0 Å². The molecule has 1 aliphatic heterocycles. The van der Waals surface area contributed by atoms with Crippen molar-refractivity contribution < 1.29 is 19.4 Å². The molecule has 2 aromatic rings. The summed E-state index contributed by atoms with van der Waals surface area (Å²) in [5, 5.41) is 13.6. The molecule has 0 bridgehead atoms. The maximum atomic E-state index is 12.4.